The molecular weight excluding hydrogens is 240 g/mol. The molecule has 4 rings (SSSR count). The normalized spacial score (nSPS) is 31.6. The SMILES string of the molecule is COc1ccccc1C[C@H]1/C(=N/O)C2CCN1CC2. The van der Waals surface area contributed by atoms with Crippen LogP contribution in [0.2, 0.25) is 0 Å². The Labute approximate surface area is 113 Å². The van der Waals surface area contributed by atoms with E-state index in [1.165, 1.54) is 5.56 Å². The molecule has 0 radical (unpaired) electrons. The van der Waals surface area contributed by atoms with Crippen LogP contribution in [0, 0.1) is 5.92 Å². The number of ether oxygens (including phenoxy) is 1. The molecule has 1 aromatic carbocycles. The maximum Gasteiger partial charge on any atom is 0.122 e. The molecule has 0 aliphatic carbocycles. The first kappa shape index (κ1) is 12.5. The molecule has 1 N–H and O–H groups in total. The van der Waals surface area contributed by atoms with Gasteiger partial charge in [0.25, 0.3) is 0 Å². The second-order valence-corrected chi connectivity index (χ2v) is 5.37. The maximum atomic E-state index is 9.32. The number of methoxy groups -OCH3 is 1. The van der Waals surface area contributed by atoms with E-state index in [1.807, 2.05) is 18.2 Å². The smallest absolute Gasteiger partial charge is 0.122 e. The van der Waals surface area contributed by atoms with Crippen LogP contribution in [0.1, 0.15) is 18.4 Å². The van der Waals surface area contributed by atoms with E-state index in [1.54, 1.807) is 7.11 Å². The van der Waals surface area contributed by atoms with E-state index in [4.69, 9.17) is 4.74 Å². The summed E-state index contributed by atoms with van der Waals surface area (Å²) in [6, 6.07) is 8.33. The van der Waals surface area contributed by atoms with Crippen molar-refractivity contribution in [3.8, 4) is 5.75 Å². The van der Waals surface area contributed by atoms with Crippen LogP contribution in [0.5, 0.6) is 5.75 Å². The fraction of sp³-hybridized carbons (Fsp3) is 0.533. The molecule has 0 saturated carbocycles. The standard InChI is InChI=1S/C15H20N2O2/c1-19-14-5-3-2-4-12(14)10-13-15(16-18)11-6-8-17(13)9-7-11/h2-5,11,13,18H,6-10H2,1H3/b16-15+/t13-/m0/s1. The second-order valence-electron chi connectivity index (χ2n) is 5.37. The summed E-state index contributed by atoms with van der Waals surface area (Å²) in [6.07, 6.45) is 3.11. The highest BCUT2D eigenvalue weighted by Gasteiger charge is 2.39. The number of benzene rings is 1. The molecule has 0 spiro atoms. The fourth-order valence-electron chi connectivity index (χ4n) is 3.43. The van der Waals surface area contributed by atoms with Gasteiger partial charge in [-0.25, -0.2) is 0 Å². The largest absolute Gasteiger partial charge is 0.496 e. The molecule has 2 bridgehead atoms. The third-order valence-corrected chi connectivity index (χ3v) is 4.45. The maximum absolute atomic E-state index is 9.32. The van der Waals surface area contributed by atoms with E-state index in [0.29, 0.717) is 5.92 Å². The highest BCUT2D eigenvalue weighted by Crippen LogP contribution is 2.33. The van der Waals surface area contributed by atoms with E-state index >= 15 is 0 Å². The zero-order valence-corrected chi connectivity index (χ0v) is 11.2. The van der Waals surface area contributed by atoms with Crippen molar-refractivity contribution in [2.45, 2.75) is 25.3 Å². The first-order valence-corrected chi connectivity index (χ1v) is 6.91. The van der Waals surface area contributed by atoms with Crippen molar-refractivity contribution in [3.05, 3.63) is 29.8 Å². The molecule has 19 heavy (non-hydrogen) atoms. The molecule has 3 aliphatic heterocycles. The Bertz CT molecular complexity index is 479. The minimum Gasteiger partial charge on any atom is -0.496 e. The summed E-state index contributed by atoms with van der Waals surface area (Å²) in [7, 11) is 1.70. The van der Waals surface area contributed by atoms with E-state index < -0.39 is 0 Å². The highest BCUT2D eigenvalue weighted by molar-refractivity contribution is 5.93. The van der Waals surface area contributed by atoms with Crippen LogP contribution in [0.3, 0.4) is 0 Å². The molecule has 4 heteroatoms. The molecular formula is C15H20N2O2. The van der Waals surface area contributed by atoms with E-state index in [-0.39, 0.29) is 6.04 Å². The number of rotatable bonds is 3. The van der Waals surface area contributed by atoms with Crippen LogP contribution in [0.4, 0.5) is 0 Å². The number of piperidine rings is 3. The van der Waals surface area contributed by atoms with Crippen molar-refractivity contribution in [2.24, 2.45) is 11.1 Å². The van der Waals surface area contributed by atoms with Gasteiger partial charge in [0.1, 0.15) is 5.75 Å². The van der Waals surface area contributed by atoms with Gasteiger partial charge >= 0.3 is 0 Å². The number of hydrogen-bond acceptors (Lipinski definition) is 4. The van der Waals surface area contributed by atoms with E-state index in [0.717, 1.165) is 43.8 Å². The van der Waals surface area contributed by atoms with Crippen LogP contribution in [0.15, 0.2) is 29.4 Å². The summed E-state index contributed by atoms with van der Waals surface area (Å²) in [6.45, 7) is 2.23. The van der Waals surface area contributed by atoms with Crippen LogP contribution in [0.25, 0.3) is 0 Å². The average Bonchev–Trinajstić information content (AvgIpc) is 2.49. The molecule has 1 atom stereocenters. The van der Waals surface area contributed by atoms with E-state index in [9.17, 15) is 5.21 Å². The number of oxime groups is 1. The lowest BCUT2D eigenvalue weighted by molar-refractivity contribution is 0.137. The third-order valence-electron chi connectivity index (χ3n) is 4.45. The molecule has 3 fully saturated rings. The fourth-order valence-corrected chi connectivity index (χ4v) is 3.43. The number of fused-ring (bicyclic) bond motifs is 3. The van der Waals surface area contributed by atoms with Crippen molar-refractivity contribution >= 4 is 5.71 Å². The number of para-hydroxylation sites is 1. The van der Waals surface area contributed by atoms with Crippen molar-refractivity contribution in [2.75, 3.05) is 20.2 Å². The lowest BCUT2D eigenvalue weighted by Crippen LogP contribution is -2.56. The van der Waals surface area contributed by atoms with Crippen LogP contribution < -0.4 is 4.74 Å². The van der Waals surface area contributed by atoms with Crippen molar-refractivity contribution in [1.82, 2.24) is 4.90 Å². The Morgan fingerprint density at radius 2 is 2.05 bits per heavy atom. The van der Waals surface area contributed by atoms with Gasteiger partial charge < -0.3 is 9.94 Å². The molecule has 4 nitrogen and oxygen atoms in total. The monoisotopic (exact) mass is 260 g/mol. The number of hydrogen-bond donors (Lipinski definition) is 1. The molecule has 3 saturated heterocycles. The first-order chi connectivity index (χ1) is 9.33. The quantitative estimate of drug-likeness (QED) is 0.669. The van der Waals surface area contributed by atoms with Gasteiger partial charge in [0.05, 0.1) is 18.9 Å². The summed E-state index contributed by atoms with van der Waals surface area (Å²) in [5, 5.41) is 12.9. The Kier molecular flexibility index (Phi) is 3.42. The van der Waals surface area contributed by atoms with Gasteiger partial charge in [-0.15, -0.1) is 0 Å². The average molecular weight is 260 g/mol. The van der Waals surface area contributed by atoms with Crippen LogP contribution in [-0.2, 0) is 6.42 Å². The van der Waals surface area contributed by atoms with Crippen LogP contribution >= 0.6 is 0 Å². The molecule has 0 aromatic heterocycles. The van der Waals surface area contributed by atoms with Gasteiger partial charge in [0.15, 0.2) is 0 Å². The zero-order chi connectivity index (χ0) is 13.2. The van der Waals surface area contributed by atoms with Gasteiger partial charge in [-0.05, 0) is 44.0 Å². The summed E-state index contributed by atoms with van der Waals surface area (Å²) in [5.74, 6) is 1.39. The minimum atomic E-state index is 0.230. The highest BCUT2D eigenvalue weighted by atomic mass is 16.5. The van der Waals surface area contributed by atoms with Gasteiger partial charge in [0.2, 0.25) is 0 Å². The molecule has 102 valence electrons. The topological polar surface area (TPSA) is 45.1 Å². The molecule has 0 amide bonds. The molecule has 3 aliphatic rings. The second kappa shape index (κ2) is 5.21. The predicted molar refractivity (Wildman–Crippen MR) is 74.0 cm³/mol. The minimum absolute atomic E-state index is 0.230. The summed E-state index contributed by atoms with van der Waals surface area (Å²) >= 11 is 0. The Hall–Kier alpha value is -1.55. The Balaban J connectivity index is 1.85. The van der Waals surface area contributed by atoms with Crippen molar-refractivity contribution in [3.63, 3.8) is 0 Å². The van der Waals surface area contributed by atoms with E-state index in [2.05, 4.69) is 16.1 Å². The third kappa shape index (κ3) is 2.21. The molecule has 0 unspecified atom stereocenters. The predicted octanol–water partition coefficient (Wildman–Crippen LogP) is 2.16. The van der Waals surface area contributed by atoms with Gasteiger partial charge in [-0.1, -0.05) is 23.4 Å². The Morgan fingerprint density at radius 1 is 1.32 bits per heavy atom. The Morgan fingerprint density at radius 3 is 2.74 bits per heavy atom. The van der Waals surface area contributed by atoms with Gasteiger partial charge in [0, 0.05) is 5.92 Å². The van der Waals surface area contributed by atoms with Crippen LogP contribution in [-0.4, -0.2) is 42.1 Å². The van der Waals surface area contributed by atoms with Gasteiger partial charge in [-0.3, -0.25) is 4.90 Å². The zero-order valence-electron chi connectivity index (χ0n) is 11.2. The number of nitrogens with zero attached hydrogens (tertiary/aromatic N) is 2. The summed E-state index contributed by atoms with van der Waals surface area (Å²) in [5.41, 5.74) is 2.15. The lowest BCUT2D eigenvalue weighted by Gasteiger charge is -2.45. The lowest BCUT2D eigenvalue weighted by atomic mass is 9.79. The van der Waals surface area contributed by atoms with Gasteiger partial charge in [-0.2, -0.15) is 0 Å². The first-order valence-electron chi connectivity index (χ1n) is 6.91. The van der Waals surface area contributed by atoms with Crippen molar-refractivity contribution < 1.29 is 9.94 Å². The molecule has 1 aromatic rings. The van der Waals surface area contributed by atoms with Crippen molar-refractivity contribution in [1.29, 1.82) is 0 Å². The summed E-state index contributed by atoms with van der Waals surface area (Å²) < 4.78 is 5.41. The molecule has 3 heterocycles. The summed E-state index contributed by atoms with van der Waals surface area (Å²) in [4.78, 5) is 2.43.